The number of rotatable bonds is 6. The average molecular weight is 397 g/mol. The van der Waals surface area contributed by atoms with Crippen LogP contribution in [0.1, 0.15) is 37.1 Å². The first kappa shape index (κ1) is 19.1. The zero-order valence-electron chi connectivity index (χ0n) is 16.7. The van der Waals surface area contributed by atoms with Gasteiger partial charge in [-0.25, -0.2) is 9.50 Å². The fourth-order valence-corrected chi connectivity index (χ4v) is 3.27. The molecule has 0 saturated heterocycles. The van der Waals surface area contributed by atoms with Crippen LogP contribution in [-0.4, -0.2) is 45.3 Å². The minimum Gasteiger partial charge on any atom is -0.389 e. The largest absolute Gasteiger partial charge is 0.389 e. The minimum atomic E-state index is -1.07. The highest BCUT2D eigenvalue weighted by atomic mass is 16.5. The van der Waals surface area contributed by atoms with Crippen molar-refractivity contribution in [1.82, 2.24) is 29.5 Å². The van der Waals surface area contributed by atoms with Crippen molar-refractivity contribution in [3.8, 4) is 11.3 Å². The number of hydrogen-bond donors (Lipinski definition) is 3. The van der Waals surface area contributed by atoms with Crippen molar-refractivity contribution >= 4 is 11.3 Å². The lowest BCUT2D eigenvalue weighted by atomic mass is 10.1. The van der Waals surface area contributed by atoms with Gasteiger partial charge in [0.15, 0.2) is 11.9 Å². The van der Waals surface area contributed by atoms with Gasteiger partial charge in [-0.3, -0.25) is 4.68 Å². The Balaban J connectivity index is 1.73. The van der Waals surface area contributed by atoms with Crippen molar-refractivity contribution < 1.29 is 14.7 Å². The Morgan fingerprint density at radius 1 is 1.31 bits per heavy atom. The van der Waals surface area contributed by atoms with Crippen molar-refractivity contribution in [2.45, 2.75) is 46.1 Å². The third-order valence-corrected chi connectivity index (χ3v) is 4.47. The Labute approximate surface area is 166 Å². The molecular formula is C19H23N7O3. The van der Waals surface area contributed by atoms with Crippen molar-refractivity contribution in [2.75, 3.05) is 5.32 Å². The minimum absolute atomic E-state index is 0.277. The molecule has 4 heterocycles. The van der Waals surface area contributed by atoms with E-state index in [9.17, 15) is 10.2 Å². The van der Waals surface area contributed by atoms with Crippen molar-refractivity contribution in [3.05, 3.63) is 47.9 Å². The highest BCUT2D eigenvalue weighted by Gasteiger charge is 2.24. The number of anilines is 1. The Morgan fingerprint density at radius 2 is 2.10 bits per heavy atom. The quantitative estimate of drug-likeness (QED) is 0.422. The van der Waals surface area contributed by atoms with E-state index in [1.807, 2.05) is 6.92 Å². The van der Waals surface area contributed by atoms with Crippen molar-refractivity contribution in [1.29, 1.82) is 0 Å². The van der Waals surface area contributed by atoms with Crippen molar-refractivity contribution in [2.24, 2.45) is 0 Å². The second kappa shape index (κ2) is 6.98. The summed E-state index contributed by atoms with van der Waals surface area (Å²) in [5.74, 6) is 0.617. The van der Waals surface area contributed by atoms with E-state index >= 15 is 0 Å². The fourth-order valence-electron chi connectivity index (χ4n) is 3.27. The SMILES string of the molecule is Cc1noc(C)c1-c1nn(CC(C)(C)O)cc1NC(O)c1cnn2cccnc12. The first-order valence-corrected chi connectivity index (χ1v) is 9.19. The van der Waals surface area contributed by atoms with Gasteiger partial charge in [-0.05, 0) is 33.8 Å². The third-order valence-electron chi connectivity index (χ3n) is 4.47. The Kier molecular flexibility index (Phi) is 4.59. The van der Waals surface area contributed by atoms with Crippen LogP contribution in [0, 0.1) is 13.8 Å². The molecule has 10 heteroatoms. The van der Waals surface area contributed by atoms with Gasteiger partial charge >= 0.3 is 0 Å². The number of aliphatic hydroxyl groups excluding tert-OH is 1. The summed E-state index contributed by atoms with van der Waals surface area (Å²) < 4.78 is 8.51. The van der Waals surface area contributed by atoms with Gasteiger partial charge in [0.1, 0.15) is 11.5 Å². The lowest BCUT2D eigenvalue weighted by Gasteiger charge is -2.16. The molecule has 1 unspecified atom stereocenters. The summed E-state index contributed by atoms with van der Waals surface area (Å²) in [5, 5.41) is 36.9. The van der Waals surface area contributed by atoms with E-state index in [1.165, 1.54) is 0 Å². The first-order valence-electron chi connectivity index (χ1n) is 9.19. The van der Waals surface area contributed by atoms with Crippen molar-refractivity contribution in [3.63, 3.8) is 0 Å². The normalized spacial score (nSPS) is 13.2. The highest BCUT2D eigenvalue weighted by Crippen LogP contribution is 2.34. The molecule has 0 fully saturated rings. The molecule has 4 rings (SSSR count). The summed E-state index contributed by atoms with van der Waals surface area (Å²) in [7, 11) is 0. The maximum absolute atomic E-state index is 10.8. The number of aryl methyl sites for hydroxylation is 2. The zero-order valence-corrected chi connectivity index (χ0v) is 16.7. The molecule has 10 nitrogen and oxygen atoms in total. The van der Waals surface area contributed by atoms with Crippen LogP contribution < -0.4 is 5.32 Å². The molecule has 0 aliphatic rings. The number of fused-ring (bicyclic) bond motifs is 1. The molecule has 0 bridgehead atoms. The summed E-state index contributed by atoms with van der Waals surface area (Å²) in [5.41, 5.74) is 2.71. The summed E-state index contributed by atoms with van der Waals surface area (Å²) in [6.45, 7) is 7.32. The molecule has 29 heavy (non-hydrogen) atoms. The fraction of sp³-hybridized carbons (Fsp3) is 0.368. The molecule has 152 valence electrons. The standard InChI is InChI=1S/C19H23N7O3/c1-11-15(12(2)29-24-11)16-14(9-25(23-16)10-19(3,4)28)22-18(27)13-8-21-26-7-5-6-20-17(13)26/h5-9,18,22,27-28H,10H2,1-4H3. The number of nitrogens with zero attached hydrogens (tertiary/aromatic N) is 6. The summed E-state index contributed by atoms with van der Waals surface area (Å²) in [4.78, 5) is 4.28. The predicted molar refractivity (Wildman–Crippen MR) is 105 cm³/mol. The second-order valence-corrected chi connectivity index (χ2v) is 7.64. The monoisotopic (exact) mass is 397 g/mol. The highest BCUT2D eigenvalue weighted by molar-refractivity contribution is 5.77. The molecular weight excluding hydrogens is 374 g/mol. The zero-order chi connectivity index (χ0) is 20.8. The Morgan fingerprint density at radius 3 is 2.79 bits per heavy atom. The molecule has 0 aromatic carbocycles. The lowest BCUT2D eigenvalue weighted by molar-refractivity contribution is 0.0578. The lowest BCUT2D eigenvalue weighted by Crippen LogP contribution is -2.26. The Bertz CT molecular complexity index is 1130. The van der Waals surface area contributed by atoms with E-state index in [0.29, 0.717) is 34.0 Å². The third kappa shape index (κ3) is 3.71. The van der Waals surface area contributed by atoms with Gasteiger partial charge in [0, 0.05) is 18.6 Å². The maximum Gasteiger partial charge on any atom is 0.162 e. The average Bonchev–Trinajstić information content (AvgIpc) is 3.31. The van der Waals surface area contributed by atoms with Crippen LogP contribution in [0.2, 0.25) is 0 Å². The maximum atomic E-state index is 10.8. The van der Waals surface area contributed by atoms with E-state index < -0.39 is 11.8 Å². The molecule has 0 spiro atoms. The molecule has 0 aliphatic carbocycles. The van der Waals surface area contributed by atoms with Crippen LogP contribution in [0.4, 0.5) is 5.69 Å². The number of nitrogens with one attached hydrogen (secondary N) is 1. The smallest absolute Gasteiger partial charge is 0.162 e. The number of aliphatic hydroxyl groups is 2. The van der Waals surface area contributed by atoms with E-state index in [-0.39, 0.29) is 6.54 Å². The predicted octanol–water partition coefficient (Wildman–Crippen LogP) is 2.07. The van der Waals surface area contributed by atoms with E-state index in [0.717, 1.165) is 5.56 Å². The summed E-state index contributed by atoms with van der Waals surface area (Å²) >= 11 is 0. The van der Waals surface area contributed by atoms with Gasteiger partial charge in [-0.1, -0.05) is 5.16 Å². The van der Waals surface area contributed by atoms with E-state index in [2.05, 4.69) is 25.7 Å². The van der Waals surface area contributed by atoms with Crippen LogP contribution >= 0.6 is 0 Å². The second-order valence-electron chi connectivity index (χ2n) is 7.64. The summed E-state index contributed by atoms with van der Waals surface area (Å²) in [6, 6.07) is 1.76. The molecule has 3 N–H and O–H groups in total. The Hall–Kier alpha value is -3.24. The van der Waals surface area contributed by atoms with E-state index in [4.69, 9.17) is 4.52 Å². The van der Waals surface area contributed by atoms with Gasteiger partial charge < -0.3 is 20.1 Å². The van der Waals surface area contributed by atoms with Gasteiger partial charge in [0.2, 0.25) is 0 Å². The van der Waals surface area contributed by atoms with Gasteiger partial charge in [0.25, 0.3) is 0 Å². The number of aromatic nitrogens is 6. The molecule has 0 aliphatic heterocycles. The summed E-state index contributed by atoms with van der Waals surface area (Å²) in [6.07, 6.45) is 5.64. The van der Waals surface area contributed by atoms with Gasteiger partial charge in [0.05, 0.1) is 40.9 Å². The molecule has 0 amide bonds. The van der Waals surface area contributed by atoms with Crippen LogP contribution in [-0.2, 0) is 6.54 Å². The molecule has 4 aromatic rings. The van der Waals surface area contributed by atoms with Gasteiger partial charge in [-0.2, -0.15) is 10.2 Å². The van der Waals surface area contributed by atoms with Crippen LogP contribution in [0.3, 0.4) is 0 Å². The van der Waals surface area contributed by atoms with Crippen LogP contribution in [0.25, 0.3) is 16.9 Å². The van der Waals surface area contributed by atoms with E-state index in [1.54, 1.807) is 60.8 Å². The topological polar surface area (TPSA) is 127 Å². The molecule has 1 atom stereocenters. The molecule has 0 radical (unpaired) electrons. The molecule has 0 saturated carbocycles. The van der Waals surface area contributed by atoms with Crippen LogP contribution in [0.5, 0.6) is 0 Å². The van der Waals surface area contributed by atoms with Crippen LogP contribution in [0.15, 0.2) is 35.4 Å². The number of hydrogen-bond acceptors (Lipinski definition) is 8. The molecule has 4 aromatic heterocycles. The first-order chi connectivity index (χ1) is 13.7. The van der Waals surface area contributed by atoms with Gasteiger partial charge in [-0.15, -0.1) is 0 Å².